The minimum Gasteiger partial charge on any atom is -0.478 e. The topological polar surface area (TPSA) is 50.2 Å². The van der Waals surface area contributed by atoms with Crippen LogP contribution < -0.4 is 0 Å². The third-order valence-electron chi connectivity index (χ3n) is 2.68. The minimum absolute atomic E-state index is 0.260. The Morgan fingerprint density at radius 3 is 2.61 bits per heavy atom. The number of aromatic nitrogens is 1. The minimum atomic E-state index is -0.931. The predicted octanol–water partition coefficient (Wildman–Crippen LogP) is 3.55. The van der Waals surface area contributed by atoms with Gasteiger partial charge in [0.25, 0.3) is 0 Å². The Morgan fingerprint density at radius 1 is 1.17 bits per heavy atom. The summed E-state index contributed by atoms with van der Waals surface area (Å²) in [5, 5.41) is 9.61. The molecule has 1 N–H and O–H groups in total. The number of nitrogens with zero attached hydrogens (tertiary/aromatic N) is 1. The molecule has 0 amide bonds. The molecule has 0 saturated heterocycles. The number of benzene rings is 1. The monoisotopic (exact) mass is 259 g/mol. The Bertz CT molecular complexity index is 596. The van der Waals surface area contributed by atoms with E-state index in [4.69, 9.17) is 5.11 Å². The summed E-state index contributed by atoms with van der Waals surface area (Å²) in [4.78, 5) is 16.1. The van der Waals surface area contributed by atoms with E-state index in [-0.39, 0.29) is 5.56 Å². The lowest BCUT2D eigenvalue weighted by Crippen LogP contribution is -1.96. The first-order valence-electron chi connectivity index (χ1n) is 5.51. The molecule has 3 nitrogen and oxygen atoms in total. The molecule has 92 valence electrons. The van der Waals surface area contributed by atoms with Crippen LogP contribution in [0.3, 0.4) is 0 Å². The fourth-order valence-electron chi connectivity index (χ4n) is 1.50. The number of carbonyl (C=O) groups is 1. The normalized spacial score (nSPS) is 10.3. The van der Waals surface area contributed by atoms with Crippen molar-refractivity contribution in [2.24, 2.45) is 0 Å². The number of aryl methyl sites for hydroxylation is 2. The van der Waals surface area contributed by atoms with Crippen molar-refractivity contribution in [2.75, 3.05) is 0 Å². The number of carboxylic acids is 1. The van der Waals surface area contributed by atoms with Gasteiger partial charge < -0.3 is 5.11 Å². The fraction of sp³-hybridized carbons (Fsp3) is 0.143. The molecule has 0 aliphatic rings. The first-order chi connectivity index (χ1) is 8.56. The average molecular weight is 259 g/mol. The maximum atomic E-state index is 10.9. The van der Waals surface area contributed by atoms with Gasteiger partial charge in [-0.1, -0.05) is 17.8 Å². The number of carboxylic acid groups (broad SMARTS) is 1. The molecular formula is C14H13NO2S. The average Bonchev–Trinajstić information content (AvgIpc) is 2.34. The summed E-state index contributed by atoms with van der Waals surface area (Å²) >= 11 is 1.47. The van der Waals surface area contributed by atoms with E-state index in [1.807, 2.05) is 6.07 Å². The van der Waals surface area contributed by atoms with E-state index >= 15 is 0 Å². The molecule has 0 radical (unpaired) electrons. The predicted molar refractivity (Wildman–Crippen MR) is 71.2 cm³/mol. The van der Waals surface area contributed by atoms with Crippen molar-refractivity contribution in [3.63, 3.8) is 0 Å². The first-order valence-corrected chi connectivity index (χ1v) is 6.32. The highest BCUT2D eigenvalue weighted by Gasteiger charge is 2.06. The zero-order valence-corrected chi connectivity index (χ0v) is 11.0. The molecule has 0 aliphatic carbocycles. The number of hydrogen-bond acceptors (Lipinski definition) is 3. The molecule has 18 heavy (non-hydrogen) atoms. The third kappa shape index (κ3) is 2.90. The van der Waals surface area contributed by atoms with Crippen LogP contribution in [0.5, 0.6) is 0 Å². The van der Waals surface area contributed by atoms with Gasteiger partial charge in [-0.3, -0.25) is 0 Å². The van der Waals surface area contributed by atoms with Crippen LogP contribution >= 0.6 is 11.8 Å². The van der Waals surface area contributed by atoms with Gasteiger partial charge in [-0.15, -0.1) is 0 Å². The summed E-state index contributed by atoms with van der Waals surface area (Å²) in [6.45, 7) is 4.12. The molecule has 2 aromatic rings. The molecule has 2 rings (SSSR count). The van der Waals surface area contributed by atoms with Gasteiger partial charge in [-0.05, 0) is 49.2 Å². The molecule has 1 heterocycles. The Kier molecular flexibility index (Phi) is 3.67. The molecule has 0 atom stereocenters. The van der Waals surface area contributed by atoms with Crippen LogP contribution in [-0.2, 0) is 0 Å². The van der Waals surface area contributed by atoms with Gasteiger partial charge in [0.2, 0.25) is 0 Å². The second-order valence-electron chi connectivity index (χ2n) is 4.04. The van der Waals surface area contributed by atoms with Gasteiger partial charge in [0.1, 0.15) is 5.03 Å². The van der Waals surface area contributed by atoms with Crippen LogP contribution in [0.2, 0.25) is 0 Å². The quantitative estimate of drug-likeness (QED) is 0.915. The molecule has 0 spiro atoms. The van der Waals surface area contributed by atoms with E-state index in [1.54, 1.807) is 6.07 Å². The molecule has 4 heteroatoms. The van der Waals surface area contributed by atoms with Crippen LogP contribution in [0.4, 0.5) is 0 Å². The van der Waals surface area contributed by atoms with E-state index < -0.39 is 5.97 Å². The standard InChI is InChI=1S/C14H13NO2S/c1-9-3-4-12(7-10(9)2)18-13-8-11(14(16)17)5-6-15-13/h3-8H,1-2H3,(H,16,17). The molecule has 1 aromatic carbocycles. The Hall–Kier alpha value is -1.81. The lowest BCUT2D eigenvalue weighted by atomic mass is 10.1. The number of hydrogen-bond donors (Lipinski definition) is 1. The lowest BCUT2D eigenvalue weighted by Gasteiger charge is -2.05. The van der Waals surface area contributed by atoms with Crippen LogP contribution in [0.1, 0.15) is 21.5 Å². The number of rotatable bonds is 3. The highest BCUT2D eigenvalue weighted by molar-refractivity contribution is 7.99. The van der Waals surface area contributed by atoms with Crippen molar-refractivity contribution in [3.8, 4) is 0 Å². The fourth-order valence-corrected chi connectivity index (χ4v) is 2.41. The van der Waals surface area contributed by atoms with Crippen molar-refractivity contribution in [2.45, 2.75) is 23.8 Å². The van der Waals surface area contributed by atoms with Crippen molar-refractivity contribution in [1.29, 1.82) is 0 Å². The smallest absolute Gasteiger partial charge is 0.335 e. The van der Waals surface area contributed by atoms with Crippen molar-refractivity contribution in [1.82, 2.24) is 4.98 Å². The summed E-state index contributed by atoms with van der Waals surface area (Å²) in [6, 6.07) is 9.23. The number of pyridine rings is 1. The largest absolute Gasteiger partial charge is 0.478 e. The van der Waals surface area contributed by atoms with E-state index in [2.05, 4.69) is 31.0 Å². The van der Waals surface area contributed by atoms with Gasteiger partial charge in [-0.2, -0.15) is 0 Å². The highest BCUT2D eigenvalue weighted by atomic mass is 32.2. The summed E-state index contributed by atoms with van der Waals surface area (Å²) in [6.07, 6.45) is 1.52. The summed E-state index contributed by atoms with van der Waals surface area (Å²) in [5.74, 6) is -0.931. The molecule has 0 unspecified atom stereocenters. The molecule has 0 aliphatic heterocycles. The second-order valence-corrected chi connectivity index (χ2v) is 5.13. The van der Waals surface area contributed by atoms with Crippen molar-refractivity contribution < 1.29 is 9.90 Å². The summed E-state index contributed by atoms with van der Waals surface area (Å²) < 4.78 is 0. The van der Waals surface area contributed by atoms with Crippen LogP contribution in [0.15, 0.2) is 46.5 Å². The molecule has 1 aromatic heterocycles. The summed E-state index contributed by atoms with van der Waals surface area (Å²) in [5.41, 5.74) is 2.72. The van der Waals surface area contributed by atoms with Gasteiger partial charge in [0.15, 0.2) is 0 Å². The van der Waals surface area contributed by atoms with Crippen molar-refractivity contribution in [3.05, 3.63) is 53.2 Å². The molecule has 0 fully saturated rings. The van der Waals surface area contributed by atoms with Gasteiger partial charge in [0.05, 0.1) is 5.56 Å². The van der Waals surface area contributed by atoms with E-state index in [0.717, 1.165) is 4.90 Å². The highest BCUT2D eigenvalue weighted by Crippen LogP contribution is 2.27. The lowest BCUT2D eigenvalue weighted by molar-refractivity contribution is 0.0696. The Balaban J connectivity index is 2.25. The Morgan fingerprint density at radius 2 is 1.94 bits per heavy atom. The van der Waals surface area contributed by atoms with E-state index in [0.29, 0.717) is 5.03 Å². The van der Waals surface area contributed by atoms with Crippen LogP contribution in [-0.4, -0.2) is 16.1 Å². The number of aromatic carboxylic acids is 1. The van der Waals surface area contributed by atoms with E-state index in [1.165, 1.54) is 35.2 Å². The Labute approximate surface area is 110 Å². The molecule has 0 bridgehead atoms. The van der Waals surface area contributed by atoms with Crippen LogP contribution in [0.25, 0.3) is 0 Å². The van der Waals surface area contributed by atoms with Gasteiger partial charge in [-0.25, -0.2) is 9.78 Å². The third-order valence-corrected chi connectivity index (χ3v) is 3.60. The van der Waals surface area contributed by atoms with E-state index in [9.17, 15) is 4.79 Å². The maximum Gasteiger partial charge on any atom is 0.335 e. The first kappa shape index (κ1) is 12.6. The van der Waals surface area contributed by atoms with Gasteiger partial charge >= 0.3 is 5.97 Å². The maximum absolute atomic E-state index is 10.9. The zero-order valence-electron chi connectivity index (χ0n) is 10.2. The SMILES string of the molecule is Cc1ccc(Sc2cc(C(=O)O)ccn2)cc1C. The van der Waals surface area contributed by atoms with Crippen molar-refractivity contribution >= 4 is 17.7 Å². The zero-order chi connectivity index (χ0) is 13.1. The second kappa shape index (κ2) is 5.23. The molecular weight excluding hydrogens is 246 g/mol. The molecule has 0 saturated carbocycles. The van der Waals surface area contributed by atoms with Crippen LogP contribution in [0, 0.1) is 13.8 Å². The van der Waals surface area contributed by atoms with Gasteiger partial charge in [0, 0.05) is 11.1 Å². The summed E-state index contributed by atoms with van der Waals surface area (Å²) in [7, 11) is 0.